The largest absolute Gasteiger partial charge is 0.361 e. The first-order valence-corrected chi connectivity index (χ1v) is 4.49. The topological polar surface area (TPSA) is 56.6 Å². The van der Waals surface area contributed by atoms with Crippen molar-refractivity contribution in [1.29, 1.82) is 5.26 Å². The van der Waals surface area contributed by atoms with Gasteiger partial charge in [0.2, 0.25) is 0 Å². The second kappa shape index (κ2) is 3.81. The van der Waals surface area contributed by atoms with Crippen LogP contribution in [0.25, 0.3) is 11.3 Å². The van der Waals surface area contributed by atoms with Gasteiger partial charge in [-0.15, -0.1) is 0 Å². The molecular weight excluding hydrogens is 188 g/mol. The number of pyridine rings is 1. The highest BCUT2D eigenvalue weighted by Gasteiger charge is 1.98. The van der Waals surface area contributed by atoms with Crippen LogP contribution < -0.4 is 5.43 Å². The first kappa shape index (κ1) is 9.22. The molecule has 1 aromatic heterocycles. The molecule has 15 heavy (non-hydrogen) atoms. The summed E-state index contributed by atoms with van der Waals surface area (Å²) in [5.74, 6) is 0. The molecule has 0 unspecified atom stereocenters. The van der Waals surface area contributed by atoms with E-state index in [9.17, 15) is 4.79 Å². The van der Waals surface area contributed by atoms with Crippen molar-refractivity contribution in [3.8, 4) is 17.3 Å². The minimum atomic E-state index is -0.0342. The number of benzene rings is 1. The Hall–Kier alpha value is -2.34. The van der Waals surface area contributed by atoms with Gasteiger partial charge in [0, 0.05) is 24.0 Å². The number of aromatic nitrogens is 1. The molecule has 3 nitrogen and oxygen atoms in total. The van der Waals surface area contributed by atoms with E-state index in [1.807, 2.05) is 18.2 Å². The van der Waals surface area contributed by atoms with Crippen LogP contribution in [0.15, 0.2) is 47.4 Å². The van der Waals surface area contributed by atoms with Gasteiger partial charge < -0.3 is 4.98 Å². The fraction of sp³-hybridized carbons (Fsp3) is 0. The van der Waals surface area contributed by atoms with Gasteiger partial charge in [-0.05, 0) is 17.7 Å². The number of rotatable bonds is 1. The molecule has 1 heterocycles. The molecule has 0 spiro atoms. The summed E-state index contributed by atoms with van der Waals surface area (Å²) in [4.78, 5) is 14.1. The lowest BCUT2D eigenvalue weighted by molar-refractivity contribution is 1.30. The third-order valence-corrected chi connectivity index (χ3v) is 2.10. The number of H-pyrrole nitrogens is 1. The van der Waals surface area contributed by atoms with Gasteiger partial charge in [-0.3, -0.25) is 4.79 Å². The van der Waals surface area contributed by atoms with Gasteiger partial charge in [0.25, 0.3) is 0 Å². The first-order chi connectivity index (χ1) is 7.29. The lowest BCUT2D eigenvalue weighted by Crippen LogP contribution is -1.97. The van der Waals surface area contributed by atoms with Crippen LogP contribution in [0, 0.1) is 11.3 Å². The summed E-state index contributed by atoms with van der Waals surface area (Å²) >= 11 is 0. The molecule has 2 rings (SSSR count). The molecule has 1 aromatic carbocycles. The average molecular weight is 196 g/mol. The zero-order valence-electron chi connectivity index (χ0n) is 7.90. The van der Waals surface area contributed by atoms with E-state index in [1.165, 1.54) is 12.1 Å². The van der Waals surface area contributed by atoms with Crippen molar-refractivity contribution in [2.24, 2.45) is 0 Å². The molecule has 0 atom stereocenters. The monoisotopic (exact) mass is 196 g/mol. The molecule has 3 heteroatoms. The normalized spacial score (nSPS) is 9.53. The van der Waals surface area contributed by atoms with E-state index < -0.39 is 0 Å². The van der Waals surface area contributed by atoms with Crippen molar-refractivity contribution in [2.45, 2.75) is 0 Å². The standard InChI is InChI=1S/C12H8N2O/c13-8-9-1-3-10(4-2-9)12-7-11(15)5-6-14-12/h1-7H,(H,14,15). The van der Waals surface area contributed by atoms with Crippen molar-refractivity contribution < 1.29 is 0 Å². The van der Waals surface area contributed by atoms with E-state index in [2.05, 4.69) is 4.98 Å². The highest BCUT2D eigenvalue weighted by atomic mass is 16.1. The summed E-state index contributed by atoms with van der Waals surface area (Å²) in [7, 11) is 0. The second-order valence-corrected chi connectivity index (χ2v) is 3.13. The van der Waals surface area contributed by atoms with Crippen molar-refractivity contribution in [3.05, 3.63) is 58.4 Å². The molecule has 0 saturated carbocycles. The SMILES string of the molecule is N#Cc1ccc(-c2cc(=O)cc[nH]2)cc1. The average Bonchev–Trinajstić information content (AvgIpc) is 2.29. The zero-order chi connectivity index (χ0) is 10.7. The molecule has 0 amide bonds. The number of hydrogen-bond donors (Lipinski definition) is 1. The summed E-state index contributed by atoms with van der Waals surface area (Å²) in [5, 5.41) is 8.64. The summed E-state index contributed by atoms with van der Waals surface area (Å²) in [6, 6.07) is 12.1. The van der Waals surface area contributed by atoms with Crippen molar-refractivity contribution >= 4 is 0 Å². The van der Waals surface area contributed by atoms with Crippen LogP contribution in [-0.4, -0.2) is 4.98 Å². The molecule has 1 N–H and O–H groups in total. The molecule has 0 fully saturated rings. The number of nitrogens with one attached hydrogen (secondary N) is 1. The number of nitriles is 1. The van der Waals surface area contributed by atoms with Gasteiger partial charge in [0.1, 0.15) is 0 Å². The van der Waals surface area contributed by atoms with E-state index in [4.69, 9.17) is 5.26 Å². The van der Waals surface area contributed by atoms with Gasteiger partial charge in [0.15, 0.2) is 5.43 Å². The van der Waals surface area contributed by atoms with E-state index >= 15 is 0 Å². The van der Waals surface area contributed by atoms with Gasteiger partial charge in [-0.2, -0.15) is 5.26 Å². The highest BCUT2D eigenvalue weighted by Crippen LogP contribution is 2.15. The second-order valence-electron chi connectivity index (χ2n) is 3.13. The van der Waals surface area contributed by atoms with Crippen LogP contribution in [0.1, 0.15) is 5.56 Å². The maximum atomic E-state index is 11.1. The Kier molecular flexibility index (Phi) is 2.34. The van der Waals surface area contributed by atoms with E-state index in [-0.39, 0.29) is 5.43 Å². The molecule has 0 aliphatic rings. The van der Waals surface area contributed by atoms with E-state index in [0.29, 0.717) is 5.56 Å². The lowest BCUT2D eigenvalue weighted by atomic mass is 10.1. The minimum absolute atomic E-state index is 0.0342. The third-order valence-electron chi connectivity index (χ3n) is 2.10. The van der Waals surface area contributed by atoms with Gasteiger partial charge >= 0.3 is 0 Å². The Balaban J connectivity index is 2.47. The fourth-order valence-electron chi connectivity index (χ4n) is 1.34. The quantitative estimate of drug-likeness (QED) is 0.757. The highest BCUT2D eigenvalue weighted by molar-refractivity contribution is 5.59. The first-order valence-electron chi connectivity index (χ1n) is 4.49. The van der Waals surface area contributed by atoms with Crippen molar-refractivity contribution in [2.75, 3.05) is 0 Å². The predicted molar refractivity (Wildman–Crippen MR) is 57.2 cm³/mol. The van der Waals surface area contributed by atoms with Crippen LogP contribution >= 0.6 is 0 Å². The number of aromatic amines is 1. The molecule has 0 aliphatic carbocycles. The smallest absolute Gasteiger partial charge is 0.182 e. The Morgan fingerprint density at radius 1 is 1.13 bits per heavy atom. The number of nitrogens with zero attached hydrogens (tertiary/aromatic N) is 1. The molecule has 0 radical (unpaired) electrons. The Morgan fingerprint density at radius 3 is 2.47 bits per heavy atom. The van der Waals surface area contributed by atoms with Crippen molar-refractivity contribution in [1.82, 2.24) is 4.98 Å². The summed E-state index contributed by atoms with van der Waals surface area (Å²) in [6.07, 6.45) is 1.61. The minimum Gasteiger partial charge on any atom is -0.361 e. The Labute approximate surface area is 86.6 Å². The maximum absolute atomic E-state index is 11.1. The van der Waals surface area contributed by atoms with Crippen LogP contribution in [0.3, 0.4) is 0 Å². The third kappa shape index (κ3) is 1.94. The van der Waals surface area contributed by atoms with E-state index in [0.717, 1.165) is 11.3 Å². The predicted octanol–water partition coefficient (Wildman–Crippen LogP) is 1.91. The van der Waals surface area contributed by atoms with Crippen LogP contribution in [0.4, 0.5) is 0 Å². The lowest BCUT2D eigenvalue weighted by Gasteiger charge is -2.00. The van der Waals surface area contributed by atoms with Crippen LogP contribution in [0.2, 0.25) is 0 Å². The molecule has 0 aliphatic heterocycles. The van der Waals surface area contributed by atoms with Crippen LogP contribution in [0.5, 0.6) is 0 Å². The fourth-order valence-corrected chi connectivity index (χ4v) is 1.34. The zero-order valence-corrected chi connectivity index (χ0v) is 7.90. The summed E-state index contributed by atoms with van der Waals surface area (Å²) in [6.45, 7) is 0. The van der Waals surface area contributed by atoms with Crippen molar-refractivity contribution in [3.63, 3.8) is 0 Å². The summed E-state index contributed by atoms with van der Waals surface area (Å²) in [5.41, 5.74) is 2.23. The molecule has 0 bridgehead atoms. The maximum Gasteiger partial charge on any atom is 0.182 e. The molecule has 2 aromatic rings. The Morgan fingerprint density at radius 2 is 1.87 bits per heavy atom. The van der Waals surface area contributed by atoms with Gasteiger partial charge in [-0.1, -0.05) is 12.1 Å². The molecule has 0 saturated heterocycles. The van der Waals surface area contributed by atoms with Gasteiger partial charge in [0.05, 0.1) is 11.6 Å². The van der Waals surface area contributed by atoms with Gasteiger partial charge in [-0.25, -0.2) is 0 Å². The van der Waals surface area contributed by atoms with Crippen LogP contribution in [-0.2, 0) is 0 Å². The Bertz CT molecular complexity index is 561. The molecule has 72 valence electrons. The number of hydrogen-bond acceptors (Lipinski definition) is 2. The van der Waals surface area contributed by atoms with E-state index in [1.54, 1.807) is 18.3 Å². The summed E-state index contributed by atoms with van der Waals surface area (Å²) < 4.78 is 0. The molecular formula is C12H8N2O.